The van der Waals surface area contributed by atoms with Crippen LogP contribution in [0, 0.1) is 0 Å². The number of carbonyl (C=O) groups is 1. The average molecular weight is 227 g/mol. The van der Waals surface area contributed by atoms with Gasteiger partial charge in [0.1, 0.15) is 6.33 Å². The zero-order chi connectivity index (χ0) is 11.8. The zero-order valence-electron chi connectivity index (χ0n) is 9.58. The van der Waals surface area contributed by atoms with Crippen LogP contribution < -0.4 is 4.90 Å². The highest BCUT2D eigenvalue weighted by molar-refractivity contribution is 5.96. The van der Waals surface area contributed by atoms with Crippen molar-refractivity contribution in [2.75, 3.05) is 4.90 Å². The largest absolute Gasteiger partial charge is 0.334 e. The predicted molar refractivity (Wildman–Crippen MR) is 65.1 cm³/mol. The normalized spacial score (nSPS) is 18.2. The van der Waals surface area contributed by atoms with Gasteiger partial charge in [0.25, 0.3) is 0 Å². The number of benzene rings is 1. The number of imidazole rings is 1. The Morgan fingerprint density at radius 1 is 1.41 bits per heavy atom. The molecule has 1 aliphatic heterocycles. The van der Waals surface area contributed by atoms with E-state index < -0.39 is 0 Å². The van der Waals surface area contributed by atoms with Crippen molar-refractivity contribution in [3.63, 3.8) is 0 Å². The molecule has 0 bridgehead atoms. The second-order valence-electron chi connectivity index (χ2n) is 4.30. The van der Waals surface area contributed by atoms with Crippen molar-refractivity contribution >= 4 is 11.7 Å². The maximum Gasteiger partial charge on any atom is 0.334 e. The lowest BCUT2D eigenvalue weighted by Gasteiger charge is -2.22. The molecule has 1 aromatic heterocycles. The summed E-state index contributed by atoms with van der Waals surface area (Å²) in [4.78, 5) is 18.1. The highest BCUT2D eigenvalue weighted by Crippen LogP contribution is 2.32. The van der Waals surface area contributed by atoms with Crippen LogP contribution in [0.1, 0.15) is 12.5 Å². The van der Waals surface area contributed by atoms with E-state index in [1.807, 2.05) is 23.1 Å². The molecule has 1 aliphatic rings. The van der Waals surface area contributed by atoms with Gasteiger partial charge in [0.05, 0.1) is 0 Å². The summed E-state index contributed by atoms with van der Waals surface area (Å²) in [7, 11) is 0. The molecule has 2 heterocycles. The summed E-state index contributed by atoms with van der Waals surface area (Å²) in [5.74, 6) is 0. The van der Waals surface area contributed by atoms with E-state index in [1.165, 1.54) is 16.5 Å². The van der Waals surface area contributed by atoms with Crippen molar-refractivity contribution in [1.82, 2.24) is 9.55 Å². The smallest absolute Gasteiger partial charge is 0.290 e. The summed E-state index contributed by atoms with van der Waals surface area (Å²) < 4.78 is 1.51. The van der Waals surface area contributed by atoms with Gasteiger partial charge in [0.2, 0.25) is 0 Å². The van der Waals surface area contributed by atoms with Crippen molar-refractivity contribution in [1.29, 1.82) is 0 Å². The van der Waals surface area contributed by atoms with Crippen LogP contribution in [0.15, 0.2) is 43.0 Å². The molecule has 17 heavy (non-hydrogen) atoms. The number of amides is 1. The minimum Gasteiger partial charge on any atom is -0.290 e. The molecule has 2 aromatic rings. The number of para-hydroxylation sites is 1. The van der Waals surface area contributed by atoms with Gasteiger partial charge in [-0.25, -0.2) is 9.78 Å². The quantitative estimate of drug-likeness (QED) is 0.692. The molecular formula is C13H13N3O. The number of rotatable bonds is 0. The Bertz CT molecular complexity index is 548. The van der Waals surface area contributed by atoms with Crippen molar-refractivity contribution in [3.05, 3.63) is 48.5 Å². The van der Waals surface area contributed by atoms with Gasteiger partial charge in [-0.05, 0) is 25.0 Å². The lowest BCUT2D eigenvalue weighted by atomic mass is 10.1. The third kappa shape index (κ3) is 1.53. The van der Waals surface area contributed by atoms with Gasteiger partial charge < -0.3 is 0 Å². The first-order valence-corrected chi connectivity index (χ1v) is 5.67. The van der Waals surface area contributed by atoms with E-state index in [0.29, 0.717) is 0 Å². The second-order valence-corrected chi connectivity index (χ2v) is 4.30. The molecule has 1 aromatic carbocycles. The van der Waals surface area contributed by atoms with Gasteiger partial charge in [-0.3, -0.25) is 9.47 Å². The van der Waals surface area contributed by atoms with Crippen LogP contribution in [-0.2, 0) is 6.42 Å². The minimum atomic E-state index is -0.0417. The van der Waals surface area contributed by atoms with Gasteiger partial charge in [0.15, 0.2) is 0 Å². The summed E-state index contributed by atoms with van der Waals surface area (Å²) in [5.41, 5.74) is 2.24. The molecule has 0 aliphatic carbocycles. The van der Waals surface area contributed by atoms with Gasteiger partial charge in [-0.2, -0.15) is 0 Å². The Morgan fingerprint density at radius 3 is 3.00 bits per heavy atom. The Kier molecular flexibility index (Phi) is 2.21. The molecule has 1 amide bonds. The summed E-state index contributed by atoms with van der Waals surface area (Å²) in [6.07, 6.45) is 5.74. The van der Waals surface area contributed by atoms with E-state index in [9.17, 15) is 4.79 Å². The van der Waals surface area contributed by atoms with E-state index >= 15 is 0 Å². The van der Waals surface area contributed by atoms with Gasteiger partial charge in [-0.1, -0.05) is 18.2 Å². The standard InChI is InChI=1S/C13H13N3O/c1-10-8-11-4-2-3-5-12(11)16(10)13(17)15-7-6-14-9-15/h2-7,9-10H,8H2,1H3. The van der Waals surface area contributed by atoms with Crippen LogP contribution in [0.2, 0.25) is 0 Å². The maximum atomic E-state index is 12.3. The Morgan fingerprint density at radius 2 is 2.24 bits per heavy atom. The fourth-order valence-corrected chi connectivity index (χ4v) is 2.35. The Hall–Kier alpha value is -2.10. The molecule has 1 atom stereocenters. The number of anilines is 1. The maximum absolute atomic E-state index is 12.3. The summed E-state index contributed by atoms with van der Waals surface area (Å²) in [6, 6.07) is 8.20. The summed E-state index contributed by atoms with van der Waals surface area (Å²) in [5, 5.41) is 0. The lowest BCUT2D eigenvalue weighted by molar-refractivity contribution is 0.246. The van der Waals surface area contributed by atoms with Crippen LogP contribution in [0.3, 0.4) is 0 Å². The number of nitrogens with zero attached hydrogens (tertiary/aromatic N) is 3. The molecule has 0 N–H and O–H groups in total. The average Bonchev–Trinajstić information content (AvgIpc) is 2.94. The molecular weight excluding hydrogens is 214 g/mol. The second kappa shape index (κ2) is 3.73. The third-order valence-corrected chi connectivity index (χ3v) is 3.14. The van der Waals surface area contributed by atoms with Crippen LogP contribution in [-0.4, -0.2) is 21.6 Å². The zero-order valence-corrected chi connectivity index (χ0v) is 9.58. The number of fused-ring (bicyclic) bond motifs is 1. The fourth-order valence-electron chi connectivity index (χ4n) is 2.35. The van der Waals surface area contributed by atoms with E-state index in [-0.39, 0.29) is 12.1 Å². The Labute approximate surface area is 99.5 Å². The van der Waals surface area contributed by atoms with Crippen LogP contribution in [0.5, 0.6) is 0 Å². The van der Waals surface area contributed by atoms with Gasteiger partial charge in [0, 0.05) is 24.1 Å². The monoisotopic (exact) mass is 227 g/mol. The molecule has 86 valence electrons. The third-order valence-electron chi connectivity index (χ3n) is 3.14. The molecule has 0 saturated carbocycles. The molecule has 1 unspecified atom stereocenters. The van der Waals surface area contributed by atoms with E-state index in [4.69, 9.17) is 0 Å². The van der Waals surface area contributed by atoms with Crippen LogP contribution >= 0.6 is 0 Å². The SMILES string of the molecule is CC1Cc2ccccc2N1C(=O)n1ccnc1. The molecule has 4 nitrogen and oxygen atoms in total. The molecule has 0 saturated heterocycles. The fraction of sp³-hybridized carbons (Fsp3) is 0.231. The van der Waals surface area contributed by atoms with E-state index in [1.54, 1.807) is 12.4 Å². The van der Waals surface area contributed by atoms with Gasteiger partial charge in [-0.15, -0.1) is 0 Å². The van der Waals surface area contributed by atoms with E-state index in [0.717, 1.165) is 12.1 Å². The molecule has 0 radical (unpaired) electrons. The lowest BCUT2D eigenvalue weighted by Crippen LogP contribution is -2.38. The first-order chi connectivity index (χ1) is 8.27. The minimum absolute atomic E-state index is 0.0417. The predicted octanol–water partition coefficient (Wildman–Crippen LogP) is 2.30. The highest BCUT2D eigenvalue weighted by Gasteiger charge is 2.31. The number of aromatic nitrogens is 2. The molecule has 0 spiro atoms. The number of carbonyl (C=O) groups excluding carboxylic acids is 1. The first-order valence-electron chi connectivity index (χ1n) is 5.67. The summed E-state index contributed by atoms with van der Waals surface area (Å²) >= 11 is 0. The van der Waals surface area contributed by atoms with Crippen LogP contribution in [0.25, 0.3) is 0 Å². The number of hydrogen-bond acceptors (Lipinski definition) is 2. The summed E-state index contributed by atoms with van der Waals surface area (Å²) in [6.45, 7) is 2.06. The molecule has 0 fully saturated rings. The van der Waals surface area contributed by atoms with Gasteiger partial charge >= 0.3 is 6.03 Å². The molecule has 4 heteroatoms. The van der Waals surface area contributed by atoms with Crippen molar-refractivity contribution in [3.8, 4) is 0 Å². The van der Waals surface area contributed by atoms with Crippen molar-refractivity contribution < 1.29 is 4.79 Å². The first kappa shape index (κ1) is 10.1. The number of hydrogen-bond donors (Lipinski definition) is 0. The molecule has 3 rings (SSSR count). The Balaban J connectivity index is 2.01. The van der Waals surface area contributed by atoms with Crippen LogP contribution in [0.4, 0.5) is 10.5 Å². The van der Waals surface area contributed by atoms with Crippen molar-refractivity contribution in [2.45, 2.75) is 19.4 Å². The van der Waals surface area contributed by atoms with E-state index in [2.05, 4.69) is 18.0 Å². The van der Waals surface area contributed by atoms with Crippen molar-refractivity contribution in [2.24, 2.45) is 0 Å². The highest BCUT2D eigenvalue weighted by atomic mass is 16.2. The topological polar surface area (TPSA) is 38.1 Å².